The van der Waals surface area contributed by atoms with Crippen LogP contribution < -0.4 is 15.5 Å². The summed E-state index contributed by atoms with van der Waals surface area (Å²) >= 11 is 0. The Kier molecular flexibility index (Phi) is 6.01. The van der Waals surface area contributed by atoms with Crippen molar-refractivity contribution >= 4 is 34.6 Å². The lowest BCUT2D eigenvalue weighted by molar-refractivity contribution is -0.114. The summed E-state index contributed by atoms with van der Waals surface area (Å²) in [5.74, 6) is -0.482. The van der Waals surface area contributed by atoms with Gasteiger partial charge in [0.15, 0.2) is 0 Å². The number of hydrogen-bond acceptors (Lipinski definition) is 4. The van der Waals surface area contributed by atoms with Crippen molar-refractivity contribution in [1.29, 1.82) is 0 Å². The highest BCUT2D eigenvalue weighted by Gasteiger charge is 2.13. The minimum Gasteiger partial charge on any atom is -0.342 e. The monoisotopic (exact) mass is 374 g/mol. The first kappa shape index (κ1) is 19.1. The zero-order valence-corrected chi connectivity index (χ0v) is 15.8. The molecule has 28 heavy (non-hydrogen) atoms. The number of para-hydroxylation sites is 1. The lowest BCUT2D eigenvalue weighted by Crippen LogP contribution is -2.18. The summed E-state index contributed by atoms with van der Waals surface area (Å²) in [6, 6.07) is 20.6. The molecule has 0 atom stereocenters. The Labute approximate surface area is 164 Å². The summed E-state index contributed by atoms with van der Waals surface area (Å²) in [7, 11) is 0. The number of nitrogens with one attached hydrogen (secondary N) is 2. The van der Waals surface area contributed by atoms with Gasteiger partial charge in [0, 0.05) is 42.4 Å². The molecule has 2 amide bonds. The molecule has 142 valence electrons. The molecule has 3 rings (SSSR count). The van der Waals surface area contributed by atoms with Crippen LogP contribution in [0.15, 0.2) is 72.9 Å². The third kappa shape index (κ3) is 4.73. The largest absolute Gasteiger partial charge is 0.342 e. The topological polar surface area (TPSA) is 74.3 Å². The third-order valence-electron chi connectivity index (χ3n) is 4.11. The van der Waals surface area contributed by atoms with Crippen LogP contribution in [0.4, 0.5) is 22.7 Å². The van der Waals surface area contributed by atoms with E-state index < -0.39 is 0 Å². The number of pyridine rings is 1. The Morgan fingerprint density at radius 1 is 0.893 bits per heavy atom. The highest BCUT2D eigenvalue weighted by molar-refractivity contribution is 6.04. The van der Waals surface area contributed by atoms with Crippen molar-refractivity contribution in [3.8, 4) is 0 Å². The molecule has 0 radical (unpaired) electrons. The molecule has 3 aromatic rings. The maximum absolute atomic E-state index is 12.7. The molecule has 6 nitrogen and oxygen atoms in total. The molecule has 0 saturated heterocycles. The molecule has 6 heteroatoms. The standard InChI is InChI=1S/C22H22N4O2/c1-3-26(19-10-5-4-6-11-19)20-12-13-23-21(15-20)22(28)25-18-9-7-8-17(14-18)24-16(2)27/h4-15H,3H2,1-2H3,(H,24,27)(H,25,28). The molecular formula is C22H22N4O2. The molecule has 0 unspecified atom stereocenters. The predicted molar refractivity (Wildman–Crippen MR) is 112 cm³/mol. The van der Waals surface area contributed by atoms with Crippen molar-refractivity contribution in [2.45, 2.75) is 13.8 Å². The van der Waals surface area contributed by atoms with Crippen LogP contribution in [0.1, 0.15) is 24.3 Å². The summed E-state index contributed by atoms with van der Waals surface area (Å²) in [5.41, 5.74) is 3.45. The first-order valence-corrected chi connectivity index (χ1v) is 9.04. The van der Waals surface area contributed by atoms with Gasteiger partial charge in [-0.2, -0.15) is 0 Å². The molecule has 2 N–H and O–H groups in total. The van der Waals surface area contributed by atoms with Crippen LogP contribution in [0, 0.1) is 0 Å². The fourth-order valence-electron chi connectivity index (χ4n) is 2.91. The van der Waals surface area contributed by atoms with Crippen LogP contribution in [0.3, 0.4) is 0 Å². The number of rotatable bonds is 6. The van der Waals surface area contributed by atoms with E-state index in [1.165, 1.54) is 6.92 Å². The summed E-state index contributed by atoms with van der Waals surface area (Å²) in [5, 5.41) is 5.52. The van der Waals surface area contributed by atoms with Gasteiger partial charge in [-0.25, -0.2) is 0 Å². The second-order valence-corrected chi connectivity index (χ2v) is 6.20. The van der Waals surface area contributed by atoms with Crippen LogP contribution in [0.25, 0.3) is 0 Å². The molecule has 2 aromatic carbocycles. The van der Waals surface area contributed by atoms with E-state index in [-0.39, 0.29) is 11.8 Å². The van der Waals surface area contributed by atoms with Gasteiger partial charge < -0.3 is 15.5 Å². The van der Waals surface area contributed by atoms with Crippen molar-refractivity contribution in [2.75, 3.05) is 22.1 Å². The maximum atomic E-state index is 12.7. The van der Waals surface area contributed by atoms with Gasteiger partial charge in [0.05, 0.1) is 0 Å². The van der Waals surface area contributed by atoms with Gasteiger partial charge >= 0.3 is 0 Å². The van der Waals surface area contributed by atoms with Crippen molar-refractivity contribution in [1.82, 2.24) is 4.98 Å². The van der Waals surface area contributed by atoms with Crippen LogP contribution >= 0.6 is 0 Å². The molecule has 1 heterocycles. The second kappa shape index (κ2) is 8.81. The van der Waals surface area contributed by atoms with E-state index in [4.69, 9.17) is 0 Å². The van der Waals surface area contributed by atoms with Gasteiger partial charge in [-0.1, -0.05) is 24.3 Å². The minimum atomic E-state index is -0.314. The van der Waals surface area contributed by atoms with E-state index >= 15 is 0 Å². The molecule has 0 aliphatic carbocycles. The second-order valence-electron chi connectivity index (χ2n) is 6.20. The predicted octanol–water partition coefficient (Wildman–Crippen LogP) is 4.45. The average Bonchev–Trinajstić information content (AvgIpc) is 2.69. The van der Waals surface area contributed by atoms with Crippen molar-refractivity contribution < 1.29 is 9.59 Å². The zero-order chi connectivity index (χ0) is 19.9. The van der Waals surface area contributed by atoms with Gasteiger partial charge in [-0.15, -0.1) is 0 Å². The molecule has 0 aliphatic heterocycles. The maximum Gasteiger partial charge on any atom is 0.274 e. The zero-order valence-electron chi connectivity index (χ0n) is 15.8. The fraction of sp³-hybridized carbons (Fsp3) is 0.136. The van der Waals surface area contributed by atoms with E-state index in [9.17, 15) is 9.59 Å². The lowest BCUT2D eigenvalue weighted by Gasteiger charge is -2.23. The number of nitrogens with zero attached hydrogens (tertiary/aromatic N) is 2. The van der Waals surface area contributed by atoms with Crippen LogP contribution in [-0.2, 0) is 4.79 Å². The molecule has 1 aromatic heterocycles. The summed E-state index contributed by atoms with van der Waals surface area (Å²) < 4.78 is 0. The first-order valence-electron chi connectivity index (χ1n) is 9.04. The number of benzene rings is 2. The number of carbonyl (C=O) groups excluding carboxylic acids is 2. The van der Waals surface area contributed by atoms with Crippen molar-refractivity contribution in [2.24, 2.45) is 0 Å². The summed E-state index contributed by atoms with van der Waals surface area (Å²) in [6.45, 7) is 4.25. The van der Waals surface area contributed by atoms with E-state index in [1.807, 2.05) is 36.4 Å². The number of carbonyl (C=O) groups is 2. The number of amides is 2. The van der Waals surface area contributed by atoms with Crippen LogP contribution in [0.5, 0.6) is 0 Å². The molecule has 0 fully saturated rings. The quantitative estimate of drug-likeness (QED) is 0.668. The van der Waals surface area contributed by atoms with E-state index in [1.54, 1.807) is 36.5 Å². The lowest BCUT2D eigenvalue weighted by atomic mass is 10.2. The molecule has 0 saturated carbocycles. The number of anilines is 4. The van der Waals surface area contributed by atoms with Crippen molar-refractivity contribution in [3.05, 3.63) is 78.6 Å². The van der Waals surface area contributed by atoms with E-state index in [0.29, 0.717) is 17.1 Å². The minimum absolute atomic E-state index is 0.168. The van der Waals surface area contributed by atoms with Crippen LogP contribution in [-0.4, -0.2) is 23.3 Å². The number of hydrogen-bond donors (Lipinski definition) is 2. The van der Waals surface area contributed by atoms with Gasteiger partial charge in [0.2, 0.25) is 5.91 Å². The third-order valence-corrected chi connectivity index (χ3v) is 4.11. The summed E-state index contributed by atoms with van der Waals surface area (Å²) in [6.07, 6.45) is 1.63. The Hall–Kier alpha value is -3.67. The fourth-order valence-corrected chi connectivity index (χ4v) is 2.91. The average molecular weight is 374 g/mol. The van der Waals surface area contributed by atoms with Gasteiger partial charge in [0.1, 0.15) is 5.69 Å². The SMILES string of the molecule is CCN(c1ccccc1)c1ccnc(C(=O)Nc2cccc(NC(C)=O)c2)c1. The molecule has 0 spiro atoms. The molecule has 0 bridgehead atoms. The van der Waals surface area contributed by atoms with E-state index in [2.05, 4.69) is 27.4 Å². The van der Waals surface area contributed by atoms with Gasteiger partial charge in [0.25, 0.3) is 5.91 Å². The highest BCUT2D eigenvalue weighted by Crippen LogP contribution is 2.25. The smallest absolute Gasteiger partial charge is 0.274 e. The molecular weight excluding hydrogens is 352 g/mol. The number of aromatic nitrogens is 1. The van der Waals surface area contributed by atoms with E-state index in [0.717, 1.165) is 17.9 Å². The molecule has 0 aliphatic rings. The Morgan fingerprint density at radius 3 is 2.29 bits per heavy atom. The van der Waals surface area contributed by atoms with Crippen molar-refractivity contribution in [3.63, 3.8) is 0 Å². The van der Waals surface area contributed by atoms with Gasteiger partial charge in [-0.3, -0.25) is 14.6 Å². The Bertz CT molecular complexity index is 973. The Balaban J connectivity index is 1.80. The summed E-state index contributed by atoms with van der Waals surface area (Å²) in [4.78, 5) is 30.2. The van der Waals surface area contributed by atoms with Gasteiger partial charge in [-0.05, 0) is 49.4 Å². The Morgan fingerprint density at radius 2 is 1.61 bits per heavy atom. The normalized spacial score (nSPS) is 10.2. The highest BCUT2D eigenvalue weighted by atomic mass is 16.2. The first-order chi connectivity index (χ1) is 13.6. The van der Waals surface area contributed by atoms with Crippen LogP contribution in [0.2, 0.25) is 0 Å².